The Bertz CT molecular complexity index is 729. The lowest BCUT2D eigenvalue weighted by Crippen LogP contribution is -2.32. The summed E-state index contributed by atoms with van der Waals surface area (Å²) in [5.41, 5.74) is 0.148. The molecule has 1 saturated heterocycles. The van der Waals surface area contributed by atoms with Crippen molar-refractivity contribution in [3.05, 3.63) is 41.6 Å². The van der Waals surface area contributed by atoms with E-state index in [9.17, 15) is 19.6 Å². The van der Waals surface area contributed by atoms with Gasteiger partial charge in [0.25, 0.3) is 5.91 Å². The van der Waals surface area contributed by atoms with E-state index in [0.717, 1.165) is 0 Å². The molecule has 2 amide bonds. The molecule has 2 N–H and O–H groups in total. The second-order valence-electron chi connectivity index (χ2n) is 5.37. The Morgan fingerprint density at radius 3 is 2.88 bits per heavy atom. The van der Waals surface area contributed by atoms with Crippen molar-refractivity contribution in [1.82, 2.24) is 10.4 Å². The zero-order valence-corrected chi connectivity index (χ0v) is 12.9. The van der Waals surface area contributed by atoms with Crippen LogP contribution < -0.4 is 10.1 Å². The molecule has 1 aliphatic carbocycles. The number of para-hydroxylation sites is 1. The number of hydrogen-bond donors (Lipinski definition) is 2. The molecule has 24 heavy (non-hydrogen) atoms. The third-order valence-corrected chi connectivity index (χ3v) is 3.69. The van der Waals surface area contributed by atoms with E-state index in [-0.39, 0.29) is 35.3 Å². The summed E-state index contributed by atoms with van der Waals surface area (Å²) in [6.07, 6.45) is 0.00744. The Labute approximate surface area is 137 Å². The van der Waals surface area contributed by atoms with Gasteiger partial charge < -0.3 is 14.8 Å². The number of ether oxygens (including phenoxy) is 2. The van der Waals surface area contributed by atoms with Gasteiger partial charge in [-0.15, -0.1) is 0 Å². The van der Waals surface area contributed by atoms with E-state index < -0.39 is 18.1 Å². The summed E-state index contributed by atoms with van der Waals surface area (Å²) >= 11 is 0. The minimum absolute atomic E-state index is 0.00144. The van der Waals surface area contributed by atoms with Gasteiger partial charge in [0, 0.05) is 19.0 Å². The number of rotatable bonds is 4. The SMILES string of the molecule is CCNC(=O)Oc1ccccc1C(=O)N(O)C1=CC(=O)C2OC2C1. The quantitative estimate of drug-likeness (QED) is 0.488. The number of hydroxylamine groups is 2. The van der Waals surface area contributed by atoms with Crippen molar-refractivity contribution in [1.29, 1.82) is 0 Å². The number of hydrogen-bond acceptors (Lipinski definition) is 6. The number of carbonyl (C=O) groups is 3. The van der Waals surface area contributed by atoms with Gasteiger partial charge in [-0.05, 0) is 19.1 Å². The van der Waals surface area contributed by atoms with E-state index in [1.807, 2.05) is 0 Å². The second-order valence-corrected chi connectivity index (χ2v) is 5.37. The molecule has 1 aromatic rings. The molecular weight excluding hydrogens is 316 g/mol. The van der Waals surface area contributed by atoms with E-state index >= 15 is 0 Å². The van der Waals surface area contributed by atoms with Crippen molar-refractivity contribution < 1.29 is 29.1 Å². The summed E-state index contributed by atoms with van der Waals surface area (Å²) < 4.78 is 10.2. The Morgan fingerprint density at radius 2 is 2.17 bits per heavy atom. The molecule has 2 aliphatic rings. The van der Waals surface area contributed by atoms with E-state index in [1.165, 1.54) is 18.2 Å². The van der Waals surface area contributed by atoms with Crippen molar-refractivity contribution in [2.75, 3.05) is 6.54 Å². The Balaban J connectivity index is 1.79. The minimum Gasteiger partial charge on any atom is -0.409 e. The topological polar surface area (TPSA) is 108 Å². The van der Waals surface area contributed by atoms with Crippen LogP contribution in [-0.2, 0) is 9.53 Å². The van der Waals surface area contributed by atoms with E-state index in [0.29, 0.717) is 11.6 Å². The minimum atomic E-state index is -0.798. The van der Waals surface area contributed by atoms with Crippen LogP contribution in [0.1, 0.15) is 23.7 Å². The van der Waals surface area contributed by atoms with Crippen molar-refractivity contribution in [3.8, 4) is 5.75 Å². The average Bonchev–Trinajstić information content (AvgIpc) is 3.34. The van der Waals surface area contributed by atoms with Crippen molar-refractivity contribution >= 4 is 17.8 Å². The normalized spacial score (nSPS) is 21.4. The summed E-state index contributed by atoms with van der Waals surface area (Å²) in [5, 5.41) is 13.0. The Kier molecular flexibility index (Phi) is 4.32. The molecule has 0 spiro atoms. The summed E-state index contributed by atoms with van der Waals surface area (Å²) in [7, 11) is 0. The first-order valence-electron chi connectivity index (χ1n) is 7.49. The monoisotopic (exact) mass is 332 g/mol. The van der Waals surface area contributed by atoms with Gasteiger partial charge in [0.1, 0.15) is 11.9 Å². The highest BCUT2D eigenvalue weighted by molar-refractivity contribution is 6.01. The van der Waals surface area contributed by atoms with Crippen molar-refractivity contribution in [2.45, 2.75) is 25.6 Å². The third kappa shape index (κ3) is 3.15. The van der Waals surface area contributed by atoms with E-state index in [1.54, 1.807) is 19.1 Å². The Morgan fingerprint density at radius 1 is 1.42 bits per heavy atom. The van der Waals surface area contributed by atoms with Crippen LogP contribution in [0, 0.1) is 0 Å². The smallest absolute Gasteiger partial charge is 0.409 e. The van der Waals surface area contributed by atoms with E-state index in [4.69, 9.17) is 9.47 Å². The highest BCUT2D eigenvalue weighted by atomic mass is 16.6. The number of nitrogens with zero attached hydrogens (tertiary/aromatic N) is 1. The molecule has 126 valence electrons. The van der Waals surface area contributed by atoms with Crippen molar-refractivity contribution in [3.63, 3.8) is 0 Å². The first kappa shape index (κ1) is 16.2. The third-order valence-electron chi connectivity index (χ3n) is 3.69. The zero-order chi connectivity index (χ0) is 17.3. The predicted octanol–water partition coefficient (Wildman–Crippen LogP) is 1.25. The standard InChI is InChI=1S/C16H16N2O6/c1-2-17-16(21)24-12-6-4-3-5-10(12)15(20)18(22)9-7-11(19)14-13(8-9)23-14/h3-7,13-14,22H,2,8H2,1H3,(H,17,21). The molecule has 2 unspecified atom stereocenters. The molecular formula is C16H16N2O6. The van der Waals surface area contributed by atoms with Crippen LogP contribution in [0.4, 0.5) is 4.79 Å². The number of benzene rings is 1. The predicted molar refractivity (Wildman–Crippen MR) is 80.5 cm³/mol. The fourth-order valence-corrected chi connectivity index (χ4v) is 2.46. The molecule has 1 heterocycles. The number of fused-ring (bicyclic) bond motifs is 1. The van der Waals surface area contributed by atoms with Gasteiger partial charge >= 0.3 is 6.09 Å². The van der Waals surface area contributed by atoms with Crippen LogP contribution in [-0.4, -0.2) is 46.8 Å². The van der Waals surface area contributed by atoms with Crippen LogP contribution in [0.15, 0.2) is 36.0 Å². The van der Waals surface area contributed by atoms with Gasteiger partial charge in [0.15, 0.2) is 5.78 Å². The van der Waals surface area contributed by atoms with E-state index in [2.05, 4.69) is 5.32 Å². The van der Waals surface area contributed by atoms with Crippen LogP contribution in [0.3, 0.4) is 0 Å². The molecule has 0 aromatic heterocycles. The molecule has 0 bridgehead atoms. The maximum atomic E-state index is 12.5. The average molecular weight is 332 g/mol. The first-order valence-corrected chi connectivity index (χ1v) is 7.49. The number of nitrogens with one attached hydrogen (secondary N) is 1. The Hall–Kier alpha value is -2.71. The molecule has 1 aliphatic heterocycles. The summed E-state index contributed by atoms with van der Waals surface area (Å²) in [5.74, 6) is -1.07. The number of amides is 2. The van der Waals surface area contributed by atoms with Crippen LogP contribution in [0.5, 0.6) is 5.75 Å². The van der Waals surface area contributed by atoms with Gasteiger partial charge in [-0.25, -0.2) is 4.79 Å². The van der Waals surface area contributed by atoms with Gasteiger partial charge in [-0.2, -0.15) is 5.06 Å². The van der Waals surface area contributed by atoms with Gasteiger partial charge in [-0.3, -0.25) is 14.8 Å². The fraction of sp³-hybridized carbons (Fsp3) is 0.312. The maximum Gasteiger partial charge on any atom is 0.412 e. The largest absolute Gasteiger partial charge is 0.412 e. The number of carbonyl (C=O) groups excluding carboxylic acids is 3. The van der Waals surface area contributed by atoms with Gasteiger partial charge in [0.05, 0.1) is 17.4 Å². The molecule has 8 nitrogen and oxygen atoms in total. The molecule has 0 saturated carbocycles. The second kappa shape index (κ2) is 6.42. The van der Waals surface area contributed by atoms with Crippen LogP contribution in [0.25, 0.3) is 0 Å². The highest BCUT2D eigenvalue weighted by Crippen LogP contribution is 2.35. The zero-order valence-electron chi connectivity index (χ0n) is 12.9. The fourth-order valence-electron chi connectivity index (χ4n) is 2.46. The number of epoxide rings is 1. The summed E-state index contributed by atoms with van der Waals surface area (Å²) in [6.45, 7) is 2.10. The molecule has 1 aromatic carbocycles. The molecule has 2 atom stereocenters. The lowest BCUT2D eigenvalue weighted by Gasteiger charge is -2.20. The van der Waals surface area contributed by atoms with Gasteiger partial charge in [0.2, 0.25) is 0 Å². The lowest BCUT2D eigenvalue weighted by molar-refractivity contribution is -0.116. The van der Waals surface area contributed by atoms with Gasteiger partial charge in [-0.1, -0.05) is 12.1 Å². The molecule has 3 rings (SSSR count). The molecule has 1 fully saturated rings. The van der Waals surface area contributed by atoms with Crippen LogP contribution >= 0.6 is 0 Å². The molecule has 0 radical (unpaired) electrons. The maximum absolute atomic E-state index is 12.5. The summed E-state index contributed by atoms with van der Waals surface area (Å²) in [6, 6.07) is 6.03. The van der Waals surface area contributed by atoms with Crippen molar-refractivity contribution in [2.24, 2.45) is 0 Å². The first-order chi connectivity index (χ1) is 11.5. The van der Waals surface area contributed by atoms with Crippen LogP contribution in [0.2, 0.25) is 0 Å². The lowest BCUT2D eigenvalue weighted by atomic mass is 10.0. The highest BCUT2D eigenvalue weighted by Gasteiger charge is 2.48. The molecule has 8 heteroatoms. The summed E-state index contributed by atoms with van der Waals surface area (Å²) in [4.78, 5) is 35.7. The number of ketones is 1.